The predicted molar refractivity (Wildman–Crippen MR) is 65.8 cm³/mol. The van der Waals surface area contributed by atoms with Crippen molar-refractivity contribution in [3.63, 3.8) is 0 Å². The number of rotatable bonds is 6. The van der Waals surface area contributed by atoms with Gasteiger partial charge in [-0.25, -0.2) is 13.6 Å². The number of hydrogen-bond acceptors (Lipinski definition) is 3. The fourth-order valence-corrected chi connectivity index (χ4v) is 2.17. The quantitative estimate of drug-likeness (QED) is 0.749. The van der Waals surface area contributed by atoms with Gasteiger partial charge in [0.25, 0.3) is 0 Å². The van der Waals surface area contributed by atoms with Crippen LogP contribution >= 0.6 is 0 Å². The van der Waals surface area contributed by atoms with Gasteiger partial charge in [0.05, 0.1) is 5.69 Å². The highest BCUT2D eigenvalue weighted by molar-refractivity contribution is 7.89. The minimum atomic E-state index is -3.64. The Kier molecular flexibility index (Phi) is 4.76. The molecule has 0 bridgehead atoms. The van der Waals surface area contributed by atoms with Gasteiger partial charge in [-0.1, -0.05) is 31.9 Å². The molecule has 1 rings (SSSR count). The van der Waals surface area contributed by atoms with Gasteiger partial charge in [-0.15, -0.1) is 0 Å². The van der Waals surface area contributed by atoms with Gasteiger partial charge in [-0.2, -0.15) is 0 Å². The fraction of sp³-hybridized carbons (Fsp3) is 0.455. The van der Waals surface area contributed by atoms with E-state index in [4.69, 9.17) is 5.14 Å². The molecule has 0 amide bonds. The Morgan fingerprint density at radius 1 is 1.25 bits per heavy atom. The summed E-state index contributed by atoms with van der Waals surface area (Å²) in [5.74, 6) is 0. The van der Waals surface area contributed by atoms with Gasteiger partial charge in [0.1, 0.15) is 4.90 Å². The average molecular weight is 242 g/mol. The third kappa shape index (κ3) is 3.83. The summed E-state index contributed by atoms with van der Waals surface area (Å²) in [5.41, 5.74) is 0.584. The van der Waals surface area contributed by atoms with E-state index in [2.05, 4.69) is 12.2 Å². The van der Waals surface area contributed by atoms with E-state index in [-0.39, 0.29) is 4.90 Å². The van der Waals surface area contributed by atoms with Crippen molar-refractivity contribution in [1.82, 2.24) is 0 Å². The molecule has 0 unspecified atom stereocenters. The van der Waals surface area contributed by atoms with Crippen LogP contribution in [-0.2, 0) is 10.0 Å². The van der Waals surface area contributed by atoms with E-state index in [1.54, 1.807) is 18.2 Å². The van der Waals surface area contributed by atoms with Gasteiger partial charge in [0.15, 0.2) is 0 Å². The highest BCUT2D eigenvalue weighted by atomic mass is 32.2. The first-order valence-electron chi connectivity index (χ1n) is 5.41. The lowest BCUT2D eigenvalue weighted by Crippen LogP contribution is -2.15. The van der Waals surface area contributed by atoms with Gasteiger partial charge >= 0.3 is 0 Å². The molecule has 16 heavy (non-hydrogen) atoms. The molecule has 90 valence electrons. The van der Waals surface area contributed by atoms with E-state index < -0.39 is 10.0 Å². The van der Waals surface area contributed by atoms with Crippen molar-refractivity contribution in [2.24, 2.45) is 5.14 Å². The first-order valence-corrected chi connectivity index (χ1v) is 6.96. The van der Waals surface area contributed by atoms with Gasteiger partial charge in [0.2, 0.25) is 10.0 Å². The number of sulfonamides is 1. The summed E-state index contributed by atoms with van der Waals surface area (Å²) >= 11 is 0. The molecular formula is C11H18N2O2S. The van der Waals surface area contributed by atoms with Crippen LogP contribution < -0.4 is 10.5 Å². The largest absolute Gasteiger partial charge is 0.384 e. The Bertz CT molecular complexity index is 429. The summed E-state index contributed by atoms with van der Waals surface area (Å²) in [6.45, 7) is 2.89. The Morgan fingerprint density at radius 3 is 2.56 bits per heavy atom. The van der Waals surface area contributed by atoms with Crippen LogP contribution in [0, 0.1) is 0 Å². The van der Waals surface area contributed by atoms with Crippen LogP contribution in [-0.4, -0.2) is 15.0 Å². The summed E-state index contributed by atoms with van der Waals surface area (Å²) in [7, 11) is -3.64. The topological polar surface area (TPSA) is 72.2 Å². The lowest BCUT2D eigenvalue weighted by Gasteiger charge is -2.09. The van der Waals surface area contributed by atoms with Gasteiger partial charge < -0.3 is 5.32 Å². The minimum absolute atomic E-state index is 0.159. The summed E-state index contributed by atoms with van der Waals surface area (Å²) in [5, 5.41) is 8.22. The zero-order chi connectivity index (χ0) is 12.0. The number of para-hydroxylation sites is 1. The molecule has 0 aliphatic rings. The Hall–Kier alpha value is -1.07. The van der Waals surface area contributed by atoms with E-state index in [0.717, 1.165) is 25.8 Å². The first kappa shape index (κ1) is 13.0. The van der Waals surface area contributed by atoms with Crippen molar-refractivity contribution >= 4 is 15.7 Å². The molecule has 0 spiro atoms. The Balaban J connectivity index is 2.73. The Morgan fingerprint density at radius 2 is 1.94 bits per heavy atom. The normalized spacial score (nSPS) is 11.4. The number of primary sulfonamides is 1. The van der Waals surface area contributed by atoms with E-state index >= 15 is 0 Å². The SMILES string of the molecule is CCCCCNc1ccccc1S(N)(=O)=O. The van der Waals surface area contributed by atoms with Crippen molar-refractivity contribution in [2.45, 2.75) is 31.1 Å². The lowest BCUT2D eigenvalue weighted by atomic mass is 10.2. The molecule has 0 radical (unpaired) electrons. The van der Waals surface area contributed by atoms with Crippen LogP contribution in [0.15, 0.2) is 29.2 Å². The van der Waals surface area contributed by atoms with Gasteiger partial charge in [-0.05, 0) is 18.6 Å². The van der Waals surface area contributed by atoms with E-state index in [1.165, 1.54) is 6.07 Å². The van der Waals surface area contributed by atoms with Crippen LogP contribution in [0.4, 0.5) is 5.69 Å². The number of unbranched alkanes of at least 4 members (excludes halogenated alkanes) is 2. The second kappa shape index (κ2) is 5.86. The van der Waals surface area contributed by atoms with Crippen molar-refractivity contribution in [1.29, 1.82) is 0 Å². The van der Waals surface area contributed by atoms with Crippen LogP contribution in [0.2, 0.25) is 0 Å². The molecule has 0 saturated carbocycles. The van der Waals surface area contributed by atoms with Crippen LogP contribution in [0.5, 0.6) is 0 Å². The molecule has 0 atom stereocenters. The number of hydrogen-bond donors (Lipinski definition) is 2. The number of benzene rings is 1. The Labute approximate surface area is 96.9 Å². The molecule has 0 saturated heterocycles. The lowest BCUT2D eigenvalue weighted by molar-refractivity contribution is 0.598. The number of anilines is 1. The van der Waals surface area contributed by atoms with Gasteiger partial charge in [-0.3, -0.25) is 0 Å². The minimum Gasteiger partial charge on any atom is -0.384 e. The standard InChI is InChI=1S/C11H18N2O2S/c1-2-3-6-9-13-10-7-4-5-8-11(10)16(12,14)15/h4-5,7-8,13H,2-3,6,9H2,1H3,(H2,12,14,15). The highest BCUT2D eigenvalue weighted by Gasteiger charge is 2.12. The fourth-order valence-electron chi connectivity index (χ4n) is 1.46. The predicted octanol–water partition coefficient (Wildman–Crippen LogP) is 1.94. The molecule has 1 aromatic rings. The molecule has 0 aliphatic heterocycles. The van der Waals surface area contributed by atoms with Gasteiger partial charge in [0, 0.05) is 6.54 Å². The molecule has 0 heterocycles. The number of nitrogens with one attached hydrogen (secondary N) is 1. The van der Waals surface area contributed by atoms with Crippen LogP contribution in [0.1, 0.15) is 26.2 Å². The number of nitrogens with two attached hydrogens (primary N) is 1. The molecule has 4 nitrogen and oxygen atoms in total. The molecular weight excluding hydrogens is 224 g/mol. The molecule has 0 fully saturated rings. The smallest absolute Gasteiger partial charge is 0.240 e. The van der Waals surface area contributed by atoms with Crippen LogP contribution in [0.3, 0.4) is 0 Å². The zero-order valence-electron chi connectivity index (χ0n) is 9.44. The summed E-state index contributed by atoms with van der Waals surface area (Å²) in [4.78, 5) is 0.159. The molecule has 3 N–H and O–H groups in total. The molecule has 5 heteroatoms. The van der Waals surface area contributed by atoms with Crippen LogP contribution in [0.25, 0.3) is 0 Å². The molecule has 0 aliphatic carbocycles. The second-order valence-electron chi connectivity index (χ2n) is 3.68. The summed E-state index contributed by atoms with van der Waals surface area (Å²) in [6.07, 6.45) is 3.29. The van der Waals surface area contributed by atoms with E-state index in [0.29, 0.717) is 5.69 Å². The maximum atomic E-state index is 11.3. The van der Waals surface area contributed by atoms with E-state index in [9.17, 15) is 8.42 Å². The highest BCUT2D eigenvalue weighted by Crippen LogP contribution is 2.19. The zero-order valence-corrected chi connectivity index (χ0v) is 10.3. The third-order valence-electron chi connectivity index (χ3n) is 2.29. The van der Waals surface area contributed by atoms with Crippen molar-refractivity contribution in [2.75, 3.05) is 11.9 Å². The van der Waals surface area contributed by atoms with Crippen molar-refractivity contribution < 1.29 is 8.42 Å². The maximum absolute atomic E-state index is 11.3. The van der Waals surface area contributed by atoms with E-state index in [1.807, 2.05) is 0 Å². The maximum Gasteiger partial charge on any atom is 0.240 e. The molecule has 0 aromatic heterocycles. The summed E-state index contributed by atoms with van der Waals surface area (Å²) in [6, 6.07) is 6.69. The first-order chi connectivity index (χ1) is 7.55. The molecule has 1 aromatic carbocycles. The average Bonchev–Trinajstić information content (AvgIpc) is 2.24. The van der Waals surface area contributed by atoms with Crippen molar-refractivity contribution in [3.05, 3.63) is 24.3 Å². The monoisotopic (exact) mass is 242 g/mol. The second-order valence-corrected chi connectivity index (χ2v) is 5.20. The summed E-state index contributed by atoms with van der Waals surface area (Å²) < 4.78 is 22.6. The third-order valence-corrected chi connectivity index (χ3v) is 3.26. The van der Waals surface area contributed by atoms with Crippen molar-refractivity contribution in [3.8, 4) is 0 Å².